The van der Waals surface area contributed by atoms with Crippen LogP contribution >= 0.6 is 0 Å². The molecule has 0 aliphatic carbocycles. The number of para-hydroxylation sites is 1. The Kier molecular flexibility index (Phi) is 3.38. The van der Waals surface area contributed by atoms with Gasteiger partial charge < -0.3 is 10.2 Å². The topological polar surface area (TPSA) is 28.2 Å². The zero-order chi connectivity index (χ0) is 13.2. The Morgan fingerprint density at radius 1 is 1.37 bits per heavy atom. The van der Waals surface area contributed by atoms with Crippen LogP contribution in [0.4, 0.5) is 5.82 Å². The van der Waals surface area contributed by atoms with Crippen LogP contribution in [-0.4, -0.2) is 31.7 Å². The number of aryl methyl sites for hydroxylation is 1. The van der Waals surface area contributed by atoms with Crippen LogP contribution < -0.4 is 10.2 Å². The number of rotatable bonds is 3. The van der Waals surface area contributed by atoms with E-state index in [1.54, 1.807) is 0 Å². The molecule has 2 heterocycles. The normalized spacial score (nSPS) is 19.3. The van der Waals surface area contributed by atoms with Crippen LogP contribution in [0.25, 0.3) is 10.9 Å². The lowest BCUT2D eigenvalue weighted by Gasteiger charge is -2.20. The second-order valence-electron chi connectivity index (χ2n) is 5.48. The maximum absolute atomic E-state index is 4.86. The van der Waals surface area contributed by atoms with Gasteiger partial charge in [-0.3, -0.25) is 0 Å². The summed E-state index contributed by atoms with van der Waals surface area (Å²) in [5.74, 6) is 1.91. The van der Waals surface area contributed by atoms with Crippen LogP contribution in [-0.2, 0) is 0 Å². The van der Waals surface area contributed by atoms with Gasteiger partial charge in [0.25, 0.3) is 0 Å². The van der Waals surface area contributed by atoms with Gasteiger partial charge in [0.05, 0.1) is 5.52 Å². The highest BCUT2D eigenvalue weighted by Crippen LogP contribution is 2.27. The molecule has 1 unspecified atom stereocenters. The summed E-state index contributed by atoms with van der Waals surface area (Å²) in [6, 6.07) is 10.6. The molecule has 1 aliphatic rings. The Balaban J connectivity index is 1.90. The minimum atomic E-state index is 0.748. The second kappa shape index (κ2) is 5.17. The van der Waals surface area contributed by atoms with Gasteiger partial charge in [-0.15, -0.1) is 0 Å². The Morgan fingerprint density at radius 3 is 3.05 bits per heavy atom. The molecule has 0 amide bonds. The minimum absolute atomic E-state index is 0.748. The van der Waals surface area contributed by atoms with Gasteiger partial charge in [-0.25, -0.2) is 4.98 Å². The molecule has 0 radical (unpaired) electrons. The van der Waals surface area contributed by atoms with Gasteiger partial charge in [-0.05, 0) is 50.6 Å². The van der Waals surface area contributed by atoms with Crippen LogP contribution in [0.1, 0.15) is 12.0 Å². The number of nitrogens with zero attached hydrogens (tertiary/aromatic N) is 2. The molecule has 1 N–H and O–H groups in total. The fraction of sp³-hybridized carbons (Fsp3) is 0.438. The van der Waals surface area contributed by atoms with E-state index in [9.17, 15) is 0 Å². The van der Waals surface area contributed by atoms with Crippen molar-refractivity contribution in [3.8, 4) is 0 Å². The molecule has 3 heteroatoms. The Morgan fingerprint density at radius 2 is 2.21 bits per heavy atom. The lowest BCUT2D eigenvalue weighted by molar-refractivity contribution is 0.549. The quantitative estimate of drug-likeness (QED) is 0.913. The molecule has 100 valence electrons. The molecule has 1 aromatic carbocycles. The molecule has 1 saturated heterocycles. The van der Waals surface area contributed by atoms with Gasteiger partial charge in [0.1, 0.15) is 5.82 Å². The smallest absolute Gasteiger partial charge is 0.132 e. The fourth-order valence-corrected chi connectivity index (χ4v) is 3.01. The summed E-state index contributed by atoms with van der Waals surface area (Å²) in [6.45, 7) is 5.51. The molecule has 1 aromatic heterocycles. The average Bonchev–Trinajstić information content (AvgIpc) is 2.87. The van der Waals surface area contributed by atoms with E-state index < -0.39 is 0 Å². The molecule has 0 saturated carbocycles. The van der Waals surface area contributed by atoms with Crippen LogP contribution in [0.2, 0.25) is 0 Å². The second-order valence-corrected chi connectivity index (χ2v) is 5.48. The molecule has 3 nitrogen and oxygen atoms in total. The Labute approximate surface area is 114 Å². The van der Waals surface area contributed by atoms with E-state index in [1.165, 1.54) is 17.4 Å². The van der Waals surface area contributed by atoms with Crippen molar-refractivity contribution >= 4 is 16.7 Å². The summed E-state index contributed by atoms with van der Waals surface area (Å²) in [4.78, 5) is 7.29. The standard InChI is InChI=1S/C16H21N3/c1-12-9-14-5-3-4-6-15(14)18-16(12)19-8-7-13(11-19)10-17-2/h3-6,9,13,17H,7-8,10-11H2,1-2H3. The predicted octanol–water partition coefficient (Wildman–Crippen LogP) is 2.59. The minimum Gasteiger partial charge on any atom is -0.356 e. The molecule has 3 rings (SSSR count). The van der Waals surface area contributed by atoms with E-state index in [-0.39, 0.29) is 0 Å². The van der Waals surface area contributed by atoms with Crippen LogP contribution in [0.3, 0.4) is 0 Å². The first-order valence-electron chi connectivity index (χ1n) is 7.04. The van der Waals surface area contributed by atoms with Crippen molar-refractivity contribution < 1.29 is 0 Å². The third-order valence-electron chi connectivity index (χ3n) is 3.97. The summed E-state index contributed by atoms with van der Waals surface area (Å²) in [7, 11) is 2.03. The van der Waals surface area contributed by atoms with Crippen LogP contribution in [0.5, 0.6) is 0 Å². The molecular formula is C16H21N3. The fourth-order valence-electron chi connectivity index (χ4n) is 3.01. The summed E-state index contributed by atoms with van der Waals surface area (Å²) >= 11 is 0. The number of nitrogens with one attached hydrogen (secondary N) is 1. The third-order valence-corrected chi connectivity index (χ3v) is 3.97. The van der Waals surface area contributed by atoms with Gasteiger partial charge in [-0.2, -0.15) is 0 Å². The van der Waals surface area contributed by atoms with Crippen molar-refractivity contribution in [2.75, 3.05) is 31.6 Å². The summed E-state index contributed by atoms with van der Waals surface area (Å²) in [5, 5.41) is 4.51. The number of fused-ring (bicyclic) bond motifs is 1. The van der Waals surface area contributed by atoms with Crippen LogP contribution in [0, 0.1) is 12.8 Å². The monoisotopic (exact) mass is 255 g/mol. The van der Waals surface area contributed by atoms with E-state index in [0.29, 0.717) is 0 Å². The molecule has 1 atom stereocenters. The number of benzene rings is 1. The zero-order valence-electron chi connectivity index (χ0n) is 11.7. The maximum Gasteiger partial charge on any atom is 0.132 e. The average molecular weight is 255 g/mol. The van der Waals surface area contributed by atoms with Crippen molar-refractivity contribution in [1.82, 2.24) is 10.3 Å². The first-order valence-corrected chi connectivity index (χ1v) is 7.04. The highest BCUT2D eigenvalue weighted by molar-refractivity contribution is 5.81. The number of pyridine rings is 1. The zero-order valence-corrected chi connectivity index (χ0v) is 11.7. The van der Waals surface area contributed by atoms with E-state index >= 15 is 0 Å². The number of hydrogen-bond donors (Lipinski definition) is 1. The van der Waals surface area contributed by atoms with Crippen molar-refractivity contribution in [2.24, 2.45) is 5.92 Å². The molecule has 19 heavy (non-hydrogen) atoms. The largest absolute Gasteiger partial charge is 0.356 e. The number of aromatic nitrogens is 1. The molecule has 0 bridgehead atoms. The highest BCUT2D eigenvalue weighted by atomic mass is 15.2. The molecule has 1 fully saturated rings. The van der Waals surface area contributed by atoms with Crippen LogP contribution in [0.15, 0.2) is 30.3 Å². The maximum atomic E-state index is 4.86. The van der Waals surface area contributed by atoms with Gasteiger partial charge in [0.15, 0.2) is 0 Å². The molecule has 2 aromatic rings. The van der Waals surface area contributed by atoms with Gasteiger partial charge in [0, 0.05) is 18.5 Å². The molecule has 0 spiro atoms. The summed E-state index contributed by atoms with van der Waals surface area (Å²) in [5.41, 5.74) is 2.38. The molecular weight excluding hydrogens is 234 g/mol. The number of anilines is 1. The van der Waals surface area contributed by atoms with E-state index in [2.05, 4.69) is 47.5 Å². The highest BCUT2D eigenvalue weighted by Gasteiger charge is 2.24. The van der Waals surface area contributed by atoms with E-state index in [0.717, 1.165) is 36.9 Å². The van der Waals surface area contributed by atoms with E-state index in [1.807, 2.05) is 7.05 Å². The first-order chi connectivity index (χ1) is 9.28. The lowest BCUT2D eigenvalue weighted by atomic mass is 10.1. The predicted molar refractivity (Wildman–Crippen MR) is 80.7 cm³/mol. The van der Waals surface area contributed by atoms with Crippen molar-refractivity contribution in [1.29, 1.82) is 0 Å². The first kappa shape index (κ1) is 12.4. The lowest BCUT2D eigenvalue weighted by Crippen LogP contribution is -2.25. The Hall–Kier alpha value is -1.61. The van der Waals surface area contributed by atoms with Crippen molar-refractivity contribution in [2.45, 2.75) is 13.3 Å². The SMILES string of the molecule is CNCC1CCN(c2nc3ccccc3cc2C)C1. The van der Waals surface area contributed by atoms with Gasteiger partial charge >= 0.3 is 0 Å². The third kappa shape index (κ3) is 2.43. The van der Waals surface area contributed by atoms with Crippen molar-refractivity contribution in [3.63, 3.8) is 0 Å². The van der Waals surface area contributed by atoms with Gasteiger partial charge in [0.2, 0.25) is 0 Å². The Bertz CT molecular complexity index is 579. The van der Waals surface area contributed by atoms with E-state index in [4.69, 9.17) is 4.98 Å². The van der Waals surface area contributed by atoms with Crippen molar-refractivity contribution in [3.05, 3.63) is 35.9 Å². The van der Waals surface area contributed by atoms with Gasteiger partial charge in [-0.1, -0.05) is 18.2 Å². The molecule has 1 aliphatic heterocycles. The summed E-state index contributed by atoms with van der Waals surface area (Å²) < 4.78 is 0. The summed E-state index contributed by atoms with van der Waals surface area (Å²) in [6.07, 6.45) is 1.26. The number of hydrogen-bond acceptors (Lipinski definition) is 3.